The predicted octanol–water partition coefficient (Wildman–Crippen LogP) is 3.46. The number of anilines is 1. The molecule has 0 unspecified atom stereocenters. The summed E-state index contributed by atoms with van der Waals surface area (Å²) in [5, 5.41) is 0. The Kier molecular flexibility index (Phi) is 5.24. The van der Waals surface area contributed by atoms with Crippen molar-refractivity contribution in [1.29, 1.82) is 0 Å². The molecule has 5 nitrogen and oxygen atoms in total. The van der Waals surface area contributed by atoms with Gasteiger partial charge in [0, 0.05) is 32.4 Å². The number of hydrogen-bond acceptors (Lipinski definition) is 5. The van der Waals surface area contributed by atoms with Gasteiger partial charge < -0.3 is 9.64 Å². The topological polar surface area (TPSA) is 41.5 Å². The van der Waals surface area contributed by atoms with Gasteiger partial charge in [0.2, 0.25) is 5.95 Å². The van der Waals surface area contributed by atoms with Crippen LogP contribution in [0, 0.1) is 0 Å². The van der Waals surface area contributed by atoms with Crippen molar-refractivity contribution < 1.29 is 4.74 Å². The van der Waals surface area contributed by atoms with Crippen molar-refractivity contribution in [3.05, 3.63) is 89.2 Å². The summed E-state index contributed by atoms with van der Waals surface area (Å²) in [6, 6.07) is 22.0. The fourth-order valence-electron chi connectivity index (χ4n) is 4.41. The van der Waals surface area contributed by atoms with E-state index in [4.69, 9.17) is 9.72 Å². The van der Waals surface area contributed by atoms with Crippen molar-refractivity contribution in [3.8, 4) is 0 Å². The minimum atomic E-state index is 0.253. The minimum absolute atomic E-state index is 0.253. The van der Waals surface area contributed by atoms with Crippen molar-refractivity contribution in [1.82, 2.24) is 14.9 Å². The standard InChI is InChI=1S/C24H26N4O/c1-2-7-20(8-3-1)23-22-9-5-4-6-19(22)11-13-28(23)18-21-10-12-25-24(26-21)27-14-16-29-17-15-27/h1-10,12,23H,11,13-18H2/t23-/m1/s1. The van der Waals surface area contributed by atoms with Crippen LogP contribution in [0.1, 0.15) is 28.4 Å². The lowest BCUT2D eigenvalue weighted by molar-refractivity contribution is 0.122. The Morgan fingerprint density at radius 2 is 1.69 bits per heavy atom. The summed E-state index contributed by atoms with van der Waals surface area (Å²) in [4.78, 5) is 14.2. The van der Waals surface area contributed by atoms with Gasteiger partial charge in [-0.3, -0.25) is 4.90 Å². The van der Waals surface area contributed by atoms with Crippen LogP contribution in [0.25, 0.3) is 0 Å². The number of fused-ring (bicyclic) bond motifs is 1. The van der Waals surface area contributed by atoms with Crippen molar-refractivity contribution in [2.45, 2.75) is 19.0 Å². The molecule has 0 radical (unpaired) electrons. The van der Waals surface area contributed by atoms with Crippen molar-refractivity contribution in [2.75, 3.05) is 37.7 Å². The number of rotatable bonds is 4. The molecule has 5 rings (SSSR count). The highest BCUT2D eigenvalue weighted by Crippen LogP contribution is 2.35. The van der Waals surface area contributed by atoms with Gasteiger partial charge in [0.25, 0.3) is 0 Å². The van der Waals surface area contributed by atoms with E-state index in [1.807, 2.05) is 12.3 Å². The third-order valence-electron chi connectivity index (χ3n) is 5.86. The fourth-order valence-corrected chi connectivity index (χ4v) is 4.41. The smallest absolute Gasteiger partial charge is 0.225 e. The first-order valence-electron chi connectivity index (χ1n) is 10.4. The molecule has 3 aromatic rings. The molecule has 3 heterocycles. The van der Waals surface area contributed by atoms with Crippen molar-refractivity contribution in [2.24, 2.45) is 0 Å². The molecule has 1 saturated heterocycles. The van der Waals surface area contributed by atoms with E-state index in [9.17, 15) is 0 Å². The van der Waals surface area contributed by atoms with Crippen LogP contribution in [0.3, 0.4) is 0 Å². The summed E-state index contributed by atoms with van der Waals surface area (Å²) in [6.07, 6.45) is 2.96. The number of morpholine rings is 1. The van der Waals surface area contributed by atoms with Crippen LogP contribution in [0.5, 0.6) is 0 Å². The van der Waals surface area contributed by atoms with E-state index in [0.29, 0.717) is 0 Å². The maximum absolute atomic E-state index is 5.46. The summed E-state index contributed by atoms with van der Waals surface area (Å²) in [6.45, 7) is 5.03. The average Bonchev–Trinajstić information content (AvgIpc) is 2.80. The molecular weight excluding hydrogens is 360 g/mol. The van der Waals surface area contributed by atoms with Crippen LogP contribution in [0.2, 0.25) is 0 Å². The maximum Gasteiger partial charge on any atom is 0.225 e. The molecule has 0 aliphatic carbocycles. The molecule has 2 aliphatic rings. The van der Waals surface area contributed by atoms with Gasteiger partial charge in [0.15, 0.2) is 0 Å². The Balaban J connectivity index is 1.44. The van der Waals surface area contributed by atoms with E-state index in [-0.39, 0.29) is 6.04 Å². The highest BCUT2D eigenvalue weighted by Gasteiger charge is 2.29. The van der Waals surface area contributed by atoms with Gasteiger partial charge in [0.05, 0.1) is 24.9 Å². The summed E-state index contributed by atoms with van der Waals surface area (Å²) in [5.74, 6) is 0.819. The van der Waals surface area contributed by atoms with Crippen LogP contribution in [-0.4, -0.2) is 47.7 Å². The number of hydrogen-bond donors (Lipinski definition) is 0. The number of ether oxygens (including phenoxy) is 1. The van der Waals surface area contributed by atoms with Crippen LogP contribution >= 0.6 is 0 Å². The van der Waals surface area contributed by atoms with E-state index >= 15 is 0 Å². The zero-order valence-electron chi connectivity index (χ0n) is 16.6. The first kappa shape index (κ1) is 18.3. The highest BCUT2D eigenvalue weighted by molar-refractivity contribution is 5.40. The van der Waals surface area contributed by atoms with Gasteiger partial charge in [-0.25, -0.2) is 9.97 Å². The molecule has 2 aliphatic heterocycles. The third kappa shape index (κ3) is 3.88. The van der Waals surface area contributed by atoms with Crippen LogP contribution < -0.4 is 4.90 Å². The van der Waals surface area contributed by atoms with E-state index < -0.39 is 0 Å². The van der Waals surface area contributed by atoms with Crippen LogP contribution in [0.15, 0.2) is 66.9 Å². The van der Waals surface area contributed by atoms with E-state index in [0.717, 1.165) is 57.5 Å². The van der Waals surface area contributed by atoms with E-state index in [2.05, 4.69) is 69.4 Å². The molecule has 2 aromatic carbocycles. The van der Waals surface area contributed by atoms with Gasteiger partial charge in [-0.2, -0.15) is 0 Å². The van der Waals surface area contributed by atoms with Gasteiger partial charge in [-0.1, -0.05) is 54.6 Å². The normalized spacial score (nSPS) is 19.7. The Bertz CT molecular complexity index is 956. The van der Waals surface area contributed by atoms with Gasteiger partial charge >= 0.3 is 0 Å². The number of aromatic nitrogens is 2. The zero-order valence-corrected chi connectivity index (χ0v) is 16.6. The monoisotopic (exact) mass is 386 g/mol. The molecular formula is C24H26N4O. The van der Waals surface area contributed by atoms with E-state index in [1.165, 1.54) is 16.7 Å². The Morgan fingerprint density at radius 3 is 2.55 bits per heavy atom. The highest BCUT2D eigenvalue weighted by atomic mass is 16.5. The molecule has 0 spiro atoms. The lowest BCUT2D eigenvalue weighted by atomic mass is 9.88. The molecule has 0 bridgehead atoms. The van der Waals surface area contributed by atoms with Gasteiger partial charge in [-0.15, -0.1) is 0 Å². The second-order valence-electron chi connectivity index (χ2n) is 7.68. The summed E-state index contributed by atoms with van der Waals surface area (Å²) in [7, 11) is 0. The average molecular weight is 386 g/mol. The lowest BCUT2D eigenvalue weighted by Gasteiger charge is -2.37. The fraction of sp³-hybridized carbons (Fsp3) is 0.333. The van der Waals surface area contributed by atoms with E-state index in [1.54, 1.807) is 0 Å². The molecule has 0 N–H and O–H groups in total. The first-order valence-corrected chi connectivity index (χ1v) is 10.4. The summed E-state index contributed by atoms with van der Waals surface area (Å²) in [5.41, 5.74) is 5.27. The quantitative estimate of drug-likeness (QED) is 0.687. The second-order valence-corrected chi connectivity index (χ2v) is 7.68. The Hall–Kier alpha value is -2.76. The molecule has 1 fully saturated rings. The van der Waals surface area contributed by atoms with Gasteiger partial charge in [0.1, 0.15) is 0 Å². The maximum atomic E-state index is 5.46. The molecule has 1 aromatic heterocycles. The van der Waals surface area contributed by atoms with Crippen molar-refractivity contribution >= 4 is 5.95 Å². The van der Waals surface area contributed by atoms with Crippen LogP contribution in [-0.2, 0) is 17.7 Å². The molecule has 0 saturated carbocycles. The molecule has 0 amide bonds. The molecule has 5 heteroatoms. The summed E-state index contributed by atoms with van der Waals surface area (Å²) >= 11 is 0. The second kappa shape index (κ2) is 8.31. The summed E-state index contributed by atoms with van der Waals surface area (Å²) < 4.78 is 5.46. The predicted molar refractivity (Wildman–Crippen MR) is 114 cm³/mol. The minimum Gasteiger partial charge on any atom is -0.378 e. The van der Waals surface area contributed by atoms with Crippen molar-refractivity contribution in [3.63, 3.8) is 0 Å². The van der Waals surface area contributed by atoms with Gasteiger partial charge in [-0.05, 0) is 29.2 Å². The van der Waals surface area contributed by atoms with Crippen LogP contribution in [0.4, 0.5) is 5.95 Å². The number of nitrogens with zero attached hydrogens (tertiary/aromatic N) is 4. The Morgan fingerprint density at radius 1 is 0.897 bits per heavy atom. The largest absolute Gasteiger partial charge is 0.378 e. The molecule has 148 valence electrons. The molecule has 29 heavy (non-hydrogen) atoms. The molecule has 1 atom stereocenters. The third-order valence-corrected chi connectivity index (χ3v) is 5.86. The first-order chi connectivity index (χ1) is 14.4. The lowest BCUT2D eigenvalue weighted by Crippen LogP contribution is -2.38. The zero-order chi connectivity index (χ0) is 19.5. The SMILES string of the molecule is c1ccc([C@@H]2c3ccccc3CCN2Cc2ccnc(N3CCOCC3)n2)cc1. The Labute approximate surface area is 172 Å². The number of benzene rings is 2.